The molecule has 88 valence electrons. The summed E-state index contributed by atoms with van der Waals surface area (Å²) in [7, 11) is 0. The first-order chi connectivity index (χ1) is 7.01. The number of amides is 1. The van der Waals surface area contributed by atoms with Gasteiger partial charge in [0.05, 0.1) is 0 Å². The Labute approximate surface area is 97.9 Å². The maximum atomic E-state index is 11.7. The van der Waals surface area contributed by atoms with Crippen molar-refractivity contribution in [3.8, 4) is 0 Å². The van der Waals surface area contributed by atoms with Gasteiger partial charge in [-0.25, -0.2) is 0 Å². The largest absolute Gasteiger partial charge is 0.350 e. The number of nitrogens with one attached hydrogen (secondary N) is 1. The number of hydrogen-bond acceptors (Lipinski definition) is 2. The van der Waals surface area contributed by atoms with E-state index < -0.39 is 0 Å². The second-order valence-corrected chi connectivity index (χ2v) is 5.65. The molecule has 0 fully saturated rings. The molecule has 0 radical (unpaired) electrons. The maximum absolute atomic E-state index is 11.7. The lowest BCUT2D eigenvalue weighted by molar-refractivity contribution is -0.125. The van der Waals surface area contributed by atoms with Crippen molar-refractivity contribution >= 4 is 17.7 Å². The van der Waals surface area contributed by atoms with Crippen molar-refractivity contribution in [3.05, 3.63) is 12.7 Å². The summed E-state index contributed by atoms with van der Waals surface area (Å²) in [4.78, 5) is 11.7. The minimum Gasteiger partial charge on any atom is -0.350 e. The van der Waals surface area contributed by atoms with Crippen LogP contribution in [0.2, 0.25) is 0 Å². The zero-order valence-electron chi connectivity index (χ0n) is 10.2. The highest BCUT2D eigenvalue weighted by atomic mass is 32.2. The summed E-state index contributed by atoms with van der Waals surface area (Å²) in [5, 5.41) is 3.46. The Kier molecular flexibility index (Phi) is 7.57. The van der Waals surface area contributed by atoms with Gasteiger partial charge in [-0.15, -0.1) is 6.58 Å². The Bertz CT molecular complexity index is 206. The van der Waals surface area contributed by atoms with Gasteiger partial charge in [0.2, 0.25) is 5.91 Å². The third-order valence-corrected chi connectivity index (χ3v) is 3.40. The molecule has 3 atom stereocenters. The van der Waals surface area contributed by atoms with E-state index in [-0.39, 0.29) is 17.9 Å². The predicted molar refractivity (Wildman–Crippen MR) is 69.2 cm³/mol. The van der Waals surface area contributed by atoms with E-state index in [1.807, 2.05) is 25.6 Å². The van der Waals surface area contributed by atoms with Crippen molar-refractivity contribution in [2.45, 2.75) is 45.4 Å². The average molecular weight is 229 g/mol. The highest BCUT2D eigenvalue weighted by Gasteiger charge is 2.16. The quantitative estimate of drug-likeness (QED) is 0.680. The van der Waals surface area contributed by atoms with Crippen LogP contribution in [0.15, 0.2) is 12.7 Å². The summed E-state index contributed by atoms with van der Waals surface area (Å²) >= 11 is 1.90. The second-order valence-electron chi connectivity index (χ2n) is 3.94. The molecule has 1 N–H and O–H groups in total. The molecular formula is C12H23NOS. The SMILES string of the molecule is C=CC(C)NC(=O)C(C)CC(C)SCC. The Morgan fingerprint density at radius 3 is 2.53 bits per heavy atom. The van der Waals surface area contributed by atoms with Crippen molar-refractivity contribution in [2.24, 2.45) is 5.92 Å². The number of carbonyl (C=O) groups excluding carboxylic acids is 1. The summed E-state index contributed by atoms with van der Waals surface area (Å²) in [6, 6.07) is 0.0640. The van der Waals surface area contributed by atoms with E-state index in [1.54, 1.807) is 6.08 Å². The fourth-order valence-corrected chi connectivity index (χ4v) is 2.38. The van der Waals surface area contributed by atoms with Crippen LogP contribution in [0.3, 0.4) is 0 Å². The van der Waals surface area contributed by atoms with Gasteiger partial charge in [-0.3, -0.25) is 4.79 Å². The van der Waals surface area contributed by atoms with E-state index in [2.05, 4.69) is 25.7 Å². The van der Waals surface area contributed by atoms with E-state index >= 15 is 0 Å². The summed E-state index contributed by atoms with van der Waals surface area (Å²) in [5.74, 6) is 1.32. The first kappa shape index (κ1) is 14.6. The predicted octanol–water partition coefficient (Wildman–Crippen LogP) is 2.84. The normalized spacial score (nSPS) is 16.5. The van der Waals surface area contributed by atoms with Crippen molar-refractivity contribution in [2.75, 3.05) is 5.75 Å². The molecule has 15 heavy (non-hydrogen) atoms. The third kappa shape index (κ3) is 6.61. The van der Waals surface area contributed by atoms with Crippen LogP contribution < -0.4 is 5.32 Å². The van der Waals surface area contributed by atoms with Crippen LogP contribution in [0.4, 0.5) is 0 Å². The zero-order chi connectivity index (χ0) is 11.8. The molecule has 3 heteroatoms. The topological polar surface area (TPSA) is 29.1 Å². The van der Waals surface area contributed by atoms with E-state index in [9.17, 15) is 4.79 Å². The number of thioether (sulfide) groups is 1. The summed E-state index contributed by atoms with van der Waals surface area (Å²) < 4.78 is 0. The van der Waals surface area contributed by atoms with Crippen molar-refractivity contribution in [1.29, 1.82) is 0 Å². The molecule has 0 bridgehead atoms. The summed E-state index contributed by atoms with van der Waals surface area (Å²) in [6.45, 7) is 11.9. The average Bonchev–Trinajstić information content (AvgIpc) is 2.17. The lowest BCUT2D eigenvalue weighted by Crippen LogP contribution is -2.35. The third-order valence-electron chi connectivity index (χ3n) is 2.31. The lowest BCUT2D eigenvalue weighted by Gasteiger charge is -2.18. The molecule has 0 aromatic heterocycles. The number of hydrogen-bond donors (Lipinski definition) is 1. The fraction of sp³-hybridized carbons (Fsp3) is 0.750. The first-order valence-electron chi connectivity index (χ1n) is 5.55. The van der Waals surface area contributed by atoms with E-state index in [0.29, 0.717) is 5.25 Å². The van der Waals surface area contributed by atoms with Gasteiger partial charge >= 0.3 is 0 Å². The summed E-state index contributed by atoms with van der Waals surface area (Å²) in [5.41, 5.74) is 0. The van der Waals surface area contributed by atoms with Crippen LogP contribution in [0, 0.1) is 5.92 Å². The van der Waals surface area contributed by atoms with Crippen LogP contribution in [-0.2, 0) is 4.79 Å². The smallest absolute Gasteiger partial charge is 0.223 e. The molecule has 0 aliphatic rings. The number of carbonyl (C=O) groups is 1. The Hall–Kier alpha value is -0.440. The van der Waals surface area contributed by atoms with Crippen LogP contribution in [0.25, 0.3) is 0 Å². The van der Waals surface area contributed by atoms with Gasteiger partial charge in [-0.2, -0.15) is 11.8 Å². The van der Waals surface area contributed by atoms with Crippen molar-refractivity contribution < 1.29 is 4.79 Å². The molecule has 0 aliphatic heterocycles. The van der Waals surface area contributed by atoms with Gasteiger partial charge in [-0.05, 0) is 19.1 Å². The highest BCUT2D eigenvalue weighted by Crippen LogP contribution is 2.18. The number of rotatable bonds is 7. The minimum absolute atomic E-state index is 0.0640. The van der Waals surface area contributed by atoms with Crippen LogP contribution in [0.1, 0.15) is 34.1 Å². The first-order valence-corrected chi connectivity index (χ1v) is 6.60. The van der Waals surface area contributed by atoms with Gasteiger partial charge < -0.3 is 5.32 Å². The molecule has 0 spiro atoms. The molecule has 0 aliphatic carbocycles. The van der Waals surface area contributed by atoms with E-state index in [4.69, 9.17) is 0 Å². The van der Waals surface area contributed by atoms with E-state index in [0.717, 1.165) is 12.2 Å². The van der Waals surface area contributed by atoms with Crippen LogP contribution in [0.5, 0.6) is 0 Å². The molecule has 0 saturated heterocycles. The van der Waals surface area contributed by atoms with Crippen LogP contribution >= 0.6 is 11.8 Å². The van der Waals surface area contributed by atoms with Gasteiger partial charge in [0.1, 0.15) is 0 Å². The Morgan fingerprint density at radius 1 is 1.47 bits per heavy atom. The van der Waals surface area contributed by atoms with Gasteiger partial charge in [0.15, 0.2) is 0 Å². The zero-order valence-corrected chi connectivity index (χ0v) is 11.1. The minimum atomic E-state index is 0.0640. The highest BCUT2D eigenvalue weighted by molar-refractivity contribution is 7.99. The fourth-order valence-electron chi connectivity index (χ4n) is 1.38. The monoisotopic (exact) mass is 229 g/mol. The summed E-state index contributed by atoms with van der Waals surface area (Å²) in [6.07, 6.45) is 2.68. The van der Waals surface area contributed by atoms with Gasteiger partial charge in [0.25, 0.3) is 0 Å². The Balaban J connectivity index is 3.92. The molecule has 0 heterocycles. The molecule has 3 unspecified atom stereocenters. The molecule has 1 amide bonds. The van der Waals surface area contributed by atoms with Crippen LogP contribution in [-0.4, -0.2) is 23.0 Å². The molecule has 2 nitrogen and oxygen atoms in total. The molecule has 0 aromatic carbocycles. The molecule has 0 rings (SSSR count). The Morgan fingerprint density at radius 2 is 2.07 bits per heavy atom. The molecule has 0 aromatic rings. The molecule has 0 saturated carbocycles. The lowest BCUT2D eigenvalue weighted by atomic mass is 10.0. The van der Waals surface area contributed by atoms with Crippen molar-refractivity contribution in [1.82, 2.24) is 5.32 Å². The van der Waals surface area contributed by atoms with Crippen molar-refractivity contribution in [3.63, 3.8) is 0 Å². The standard InChI is InChI=1S/C12H23NOS/c1-6-10(4)13-12(14)9(3)8-11(5)15-7-2/h6,9-11H,1,7-8H2,2-5H3,(H,13,14). The van der Waals surface area contributed by atoms with E-state index in [1.165, 1.54) is 0 Å². The van der Waals surface area contributed by atoms with Gasteiger partial charge in [-0.1, -0.05) is 26.8 Å². The maximum Gasteiger partial charge on any atom is 0.223 e. The molecular weight excluding hydrogens is 206 g/mol. The van der Waals surface area contributed by atoms with Gasteiger partial charge in [0, 0.05) is 17.2 Å². The second kappa shape index (κ2) is 7.80.